The number of aromatic amines is 1. The van der Waals surface area contributed by atoms with Crippen LogP contribution in [0.5, 0.6) is 5.75 Å². The third kappa shape index (κ3) is 2.43. The topological polar surface area (TPSA) is 53.1 Å². The van der Waals surface area contributed by atoms with Crippen LogP contribution in [0.15, 0.2) is 59.4 Å². The maximum Gasteiger partial charge on any atom is 0.251 e. The van der Waals surface area contributed by atoms with Gasteiger partial charge in [-0.05, 0) is 30.5 Å². The van der Waals surface area contributed by atoms with E-state index in [9.17, 15) is 9.90 Å². The number of hydrogen-bond donors (Lipinski definition) is 2. The number of phenolic OH excluding ortho intramolecular Hbond substituents is 1. The molecule has 3 nitrogen and oxygen atoms in total. The molecule has 0 spiro atoms. The van der Waals surface area contributed by atoms with E-state index in [0.29, 0.717) is 11.9 Å². The monoisotopic (exact) mass is 265 g/mol. The Balaban J connectivity index is 1.92. The maximum absolute atomic E-state index is 12.0. The molecule has 0 aliphatic heterocycles. The second-order valence-electron chi connectivity index (χ2n) is 4.85. The molecule has 3 rings (SSSR count). The molecule has 1 heterocycles. The Labute approximate surface area is 116 Å². The van der Waals surface area contributed by atoms with Crippen LogP contribution in [-0.4, -0.2) is 10.1 Å². The second-order valence-corrected chi connectivity index (χ2v) is 4.85. The highest BCUT2D eigenvalue weighted by atomic mass is 16.3. The van der Waals surface area contributed by atoms with Crippen LogP contribution in [-0.2, 0) is 12.8 Å². The molecule has 20 heavy (non-hydrogen) atoms. The summed E-state index contributed by atoms with van der Waals surface area (Å²) in [6, 6.07) is 17.2. The molecule has 3 aromatic rings. The lowest BCUT2D eigenvalue weighted by molar-refractivity contribution is 0.480. The van der Waals surface area contributed by atoms with Gasteiger partial charge in [-0.3, -0.25) is 4.79 Å². The lowest BCUT2D eigenvalue weighted by atomic mass is 10.0. The van der Waals surface area contributed by atoms with Crippen molar-refractivity contribution in [2.24, 2.45) is 0 Å². The lowest BCUT2D eigenvalue weighted by Gasteiger charge is -2.05. The van der Waals surface area contributed by atoms with Crippen LogP contribution in [0, 0.1) is 0 Å². The predicted molar refractivity (Wildman–Crippen MR) is 80.1 cm³/mol. The minimum atomic E-state index is -0.130. The summed E-state index contributed by atoms with van der Waals surface area (Å²) in [5.41, 5.74) is 2.32. The van der Waals surface area contributed by atoms with Crippen molar-refractivity contribution in [3.8, 4) is 5.75 Å². The molecule has 2 N–H and O–H groups in total. The van der Waals surface area contributed by atoms with Crippen LogP contribution in [0.25, 0.3) is 10.9 Å². The van der Waals surface area contributed by atoms with E-state index in [-0.39, 0.29) is 11.3 Å². The Kier molecular flexibility index (Phi) is 3.25. The van der Waals surface area contributed by atoms with Crippen molar-refractivity contribution in [3.05, 3.63) is 76.1 Å². The van der Waals surface area contributed by atoms with Gasteiger partial charge in [0.15, 0.2) is 0 Å². The SMILES string of the molecule is O=c1[nH]c2c(O)cccc2cc1CCc1ccccc1. The van der Waals surface area contributed by atoms with Gasteiger partial charge in [0.1, 0.15) is 5.75 Å². The summed E-state index contributed by atoms with van der Waals surface area (Å²) >= 11 is 0. The van der Waals surface area contributed by atoms with E-state index >= 15 is 0 Å². The van der Waals surface area contributed by atoms with Crippen LogP contribution in [0.3, 0.4) is 0 Å². The molecule has 0 saturated heterocycles. The molecule has 0 fully saturated rings. The Morgan fingerprint density at radius 2 is 1.75 bits per heavy atom. The smallest absolute Gasteiger partial charge is 0.251 e. The average Bonchev–Trinajstić information content (AvgIpc) is 2.47. The number of para-hydroxylation sites is 1. The molecule has 0 aliphatic rings. The average molecular weight is 265 g/mol. The number of aromatic nitrogens is 1. The molecule has 0 saturated carbocycles. The van der Waals surface area contributed by atoms with Crippen LogP contribution in [0.4, 0.5) is 0 Å². The zero-order chi connectivity index (χ0) is 13.9. The van der Waals surface area contributed by atoms with Gasteiger partial charge in [-0.2, -0.15) is 0 Å². The number of H-pyrrole nitrogens is 1. The molecule has 0 amide bonds. The van der Waals surface area contributed by atoms with Crippen molar-refractivity contribution in [1.82, 2.24) is 4.98 Å². The molecule has 2 aromatic carbocycles. The maximum atomic E-state index is 12.0. The van der Waals surface area contributed by atoms with Gasteiger partial charge in [0, 0.05) is 10.9 Å². The van der Waals surface area contributed by atoms with Gasteiger partial charge in [-0.15, -0.1) is 0 Å². The van der Waals surface area contributed by atoms with E-state index in [1.807, 2.05) is 30.3 Å². The summed E-state index contributed by atoms with van der Waals surface area (Å²) in [5.74, 6) is 0.106. The molecule has 0 atom stereocenters. The highest BCUT2D eigenvalue weighted by Crippen LogP contribution is 2.21. The van der Waals surface area contributed by atoms with E-state index < -0.39 is 0 Å². The summed E-state index contributed by atoms with van der Waals surface area (Å²) in [5, 5.41) is 10.6. The first-order valence-electron chi connectivity index (χ1n) is 6.62. The van der Waals surface area contributed by atoms with E-state index in [1.54, 1.807) is 12.1 Å². The first-order chi connectivity index (χ1) is 9.74. The van der Waals surface area contributed by atoms with Gasteiger partial charge in [0.05, 0.1) is 5.52 Å². The fourth-order valence-electron chi connectivity index (χ4n) is 2.37. The van der Waals surface area contributed by atoms with Crippen molar-refractivity contribution >= 4 is 10.9 Å². The van der Waals surface area contributed by atoms with E-state index in [1.165, 1.54) is 5.56 Å². The van der Waals surface area contributed by atoms with Gasteiger partial charge in [0.2, 0.25) is 0 Å². The predicted octanol–water partition coefficient (Wildman–Crippen LogP) is 3.02. The number of rotatable bonds is 3. The number of benzene rings is 2. The first-order valence-corrected chi connectivity index (χ1v) is 6.62. The number of aryl methyl sites for hydroxylation is 2. The van der Waals surface area contributed by atoms with Crippen molar-refractivity contribution in [3.63, 3.8) is 0 Å². The highest BCUT2D eigenvalue weighted by Gasteiger charge is 2.06. The van der Waals surface area contributed by atoms with Crippen LogP contribution in [0.1, 0.15) is 11.1 Å². The molecule has 100 valence electrons. The third-order valence-electron chi connectivity index (χ3n) is 3.46. The van der Waals surface area contributed by atoms with Crippen LogP contribution in [0.2, 0.25) is 0 Å². The number of aromatic hydroxyl groups is 1. The molecule has 0 bridgehead atoms. The summed E-state index contributed by atoms with van der Waals surface area (Å²) < 4.78 is 0. The zero-order valence-electron chi connectivity index (χ0n) is 11.0. The quantitative estimate of drug-likeness (QED) is 0.764. The molecule has 1 aromatic heterocycles. The van der Waals surface area contributed by atoms with Crippen LogP contribution >= 0.6 is 0 Å². The molecule has 0 radical (unpaired) electrons. The number of nitrogens with one attached hydrogen (secondary N) is 1. The zero-order valence-corrected chi connectivity index (χ0v) is 11.0. The van der Waals surface area contributed by atoms with Crippen molar-refractivity contribution in [1.29, 1.82) is 0 Å². The fourth-order valence-corrected chi connectivity index (χ4v) is 2.37. The summed E-state index contributed by atoms with van der Waals surface area (Å²) in [6.07, 6.45) is 1.51. The fraction of sp³-hybridized carbons (Fsp3) is 0.118. The minimum Gasteiger partial charge on any atom is -0.506 e. The molecule has 0 aliphatic carbocycles. The summed E-state index contributed by atoms with van der Waals surface area (Å²) in [4.78, 5) is 14.8. The highest BCUT2D eigenvalue weighted by molar-refractivity contribution is 5.84. The van der Waals surface area contributed by atoms with Crippen molar-refractivity contribution in [2.45, 2.75) is 12.8 Å². The normalized spacial score (nSPS) is 10.8. The Morgan fingerprint density at radius 1 is 0.950 bits per heavy atom. The van der Waals surface area contributed by atoms with Gasteiger partial charge in [0.25, 0.3) is 5.56 Å². The largest absolute Gasteiger partial charge is 0.506 e. The number of phenols is 1. The Hall–Kier alpha value is -2.55. The van der Waals surface area contributed by atoms with Gasteiger partial charge in [-0.1, -0.05) is 42.5 Å². The molecule has 3 heteroatoms. The lowest BCUT2D eigenvalue weighted by Crippen LogP contribution is -2.13. The number of pyridine rings is 1. The van der Waals surface area contributed by atoms with Gasteiger partial charge in [-0.25, -0.2) is 0 Å². The standard InChI is InChI=1S/C17H15NO2/c19-15-8-4-7-13-11-14(17(20)18-16(13)15)10-9-12-5-2-1-3-6-12/h1-8,11,19H,9-10H2,(H,18,20). The van der Waals surface area contributed by atoms with Gasteiger partial charge < -0.3 is 10.1 Å². The van der Waals surface area contributed by atoms with Gasteiger partial charge >= 0.3 is 0 Å². The number of hydrogen-bond acceptors (Lipinski definition) is 2. The molecular formula is C17H15NO2. The van der Waals surface area contributed by atoms with E-state index in [4.69, 9.17) is 0 Å². The number of fused-ring (bicyclic) bond motifs is 1. The van der Waals surface area contributed by atoms with Crippen molar-refractivity contribution < 1.29 is 5.11 Å². The first kappa shape index (κ1) is 12.5. The molecular weight excluding hydrogens is 250 g/mol. The second kappa shape index (κ2) is 5.21. The Morgan fingerprint density at radius 3 is 2.55 bits per heavy atom. The molecule has 0 unspecified atom stereocenters. The van der Waals surface area contributed by atoms with E-state index in [2.05, 4.69) is 17.1 Å². The third-order valence-corrected chi connectivity index (χ3v) is 3.46. The van der Waals surface area contributed by atoms with Crippen LogP contribution < -0.4 is 5.56 Å². The summed E-state index contributed by atoms with van der Waals surface area (Å²) in [6.45, 7) is 0. The summed E-state index contributed by atoms with van der Waals surface area (Å²) in [7, 11) is 0. The van der Waals surface area contributed by atoms with E-state index in [0.717, 1.165) is 17.4 Å². The minimum absolute atomic E-state index is 0.106. The Bertz CT molecular complexity index is 791. The van der Waals surface area contributed by atoms with Crippen molar-refractivity contribution in [2.75, 3.05) is 0 Å².